The van der Waals surface area contributed by atoms with Crippen LogP contribution in [-0.4, -0.2) is 50.5 Å². The molecule has 180 valence electrons. The number of amides is 2. The number of nitrogens with zero attached hydrogens (tertiary/aromatic N) is 2. The van der Waals surface area contributed by atoms with Crippen LogP contribution in [0.5, 0.6) is 0 Å². The molecular formula is C23H29ClFN3O4S. The lowest BCUT2D eigenvalue weighted by Crippen LogP contribution is -2.51. The quantitative estimate of drug-likeness (QED) is 0.544. The van der Waals surface area contributed by atoms with Crippen molar-refractivity contribution in [3.63, 3.8) is 0 Å². The van der Waals surface area contributed by atoms with Crippen LogP contribution in [0.3, 0.4) is 0 Å². The topological polar surface area (TPSA) is 86.8 Å². The van der Waals surface area contributed by atoms with Gasteiger partial charge in [0.05, 0.1) is 11.9 Å². The molecular weight excluding hydrogens is 469 g/mol. The zero-order valence-corrected chi connectivity index (χ0v) is 20.7. The fraction of sp³-hybridized carbons (Fsp3) is 0.391. The maximum Gasteiger partial charge on any atom is 0.244 e. The highest BCUT2D eigenvalue weighted by Gasteiger charge is 2.31. The summed E-state index contributed by atoms with van der Waals surface area (Å²) in [4.78, 5) is 27.4. The Kier molecular flexibility index (Phi) is 9.25. The maximum absolute atomic E-state index is 14.4. The van der Waals surface area contributed by atoms with Gasteiger partial charge < -0.3 is 10.2 Å². The minimum Gasteiger partial charge on any atom is -0.354 e. The highest BCUT2D eigenvalue weighted by Crippen LogP contribution is 2.23. The van der Waals surface area contributed by atoms with E-state index in [4.69, 9.17) is 11.6 Å². The Morgan fingerprint density at radius 1 is 1.06 bits per heavy atom. The Balaban J connectivity index is 2.39. The van der Waals surface area contributed by atoms with E-state index >= 15 is 0 Å². The second-order valence-corrected chi connectivity index (χ2v) is 10.5. The van der Waals surface area contributed by atoms with Crippen molar-refractivity contribution in [3.05, 3.63) is 64.9 Å². The van der Waals surface area contributed by atoms with Crippen molar-refractivity contribution in [1.29, 1.82) is 0 Å². The lowest BCUT2D eigenvalue weighted by molar-refractivity contribution is -0.139. The largest absolute Gasteiger partial charge is 0.354 e. The van der Waals surface area contributed by atoms with Gasteiger partial charge in [-0.05, 0) is 36.6 Å². The van der Waals surface area contributed by atoms with E-state index in [1.807, 2.05) is 13.8 Å². The molecule has 0 saturated heterocycles. The van der Waals surface area contributed by atoms with Crippen molar-refractivity contribution >= 4 is 39.1 Å². The van der Waals surface area contributed by atoms with Crippen molar-refractivity contribution in [2.24, 2.45) is 5.92 Å². The van der Waals surface area contributed by atoms with Crippen molar-refractivity contribution in [3.8, 4) is 0 Å². The number of anilines is 1. The Labute approximate surface area is 199 Å². The van der Waals surface area contributed by atoms with E-state index in [0.29, 0.717) is 21.4 Å². The Morgan fingerprint density at radius 3 is 2.24 bits per heavy atom. The first kappa shape index (κ1) is 26.6. The predicted molar refractivity (Wildman–Crippen MR) is 128 cm³/mol. The molecule has 2 rings (SSSR count). The van der Waals surface area contributed by atoms with Gasteiger partial charge in [0.2, 0.25) is 21.8 Å². The molecule has 1 atom stereocenters. The number of hydrogen-bond donors (Lipinski definition) is 1. The molecule has 0 unspecified atom stereocenters. The summed E-state index contributed by atoms with van der Waals surface area (Å²) in [6.07, 6.45) is 0.893. The molecule has 0 aliphatic rings. The summed E-state index contributed by atoms with van der Waals surface area (Å²) in [6.45, 7) is 5.15. The molecule has 2 aromatic rings. The lowest BCUT2D eigenvalue weighted by atomic mass is 10.1. The standard InChI is InChI=1S/C23H29ClFN3O4S/c1-16(2)13-26-23(30)17(3)27(14-18-9-5-6-10-19(18)24)22(29)15-28(33(4,31)32)21-12-8-7-11-20(21)25/h5-12,16-17H,13-15H2,1-4H3,(H,26,30)/t17-/m1/s1. The van der Waals surface area contributed by atoms with Crippen LogP contribution in [0.25, 0.3) is 0 Å². The first-order chi connectivity index (χ1) is 15.4. The molecule has 0 radical (unpaired) electrons. The number of sulfonamides is 1. The van der Waals surface area contributed by atoms with Gasteiger partial charge in [-0.3, -0.25) is 13.9 Å². The van der Waals surface area contributed by atoms with Crippen molar-refractivity contribution < 1.29 is 22.4 Å². The van der Waals surface area contributed by atoms with Crippen molar-refractivity contribution in [1.82, 2.24) is 10.2 Å². The van der Waals surface area contributed by atoms with E-state index < -0.39 is 34.3 Å². The molecule has 0 fully saturated rings. The summed E-state index contributed by atoms with van der Waals surface area (Å²) < 4.78 is 39.9. The van der Waals surface area contributed by atoms with E-state index in [9.17, 15) is 22.4 Å². The third-order valence-electron chi connectivity index (χ3n) is 4.95. The monoisotopic (exact) mass is 497 g/mol. The average Bonchev–Trinajstić information content (AvgIpc) is 2.74. The summed E-state index contributed by atoms with van der Waals surface area (Å²) in [5.41, 5.74) is 0.343. The van der Waals surface area contributed by atoms with Crippen LogP contribution in [0.2, 0.25) is 5.02 Å². The molecule has 0 aromatic heterocycles. The first-order valence-electron chi connectivity index (χ1n) is 10.4. The summed E-state index contributed by atoms with van der Waals surface area (Å²) >= 11 is 6.26. The van der Waals surface area contributed by atoms with E-state index in [-0.39, 0.29) is 24.1 Å². The number of hydrogen-bond acceptors (Lipinski definition) is 4. The normalized spacial score (nSPS) is 12.3. The van der Waals surface area contributed by atoms with Gasteiger partial charge in [0.15, 0.2) is 0 Å². The van der Waals surface area contributed by atoms with Crippen LogP contribution in [0, 0.1) is 11.7 Å². The molecule has 33 heavy (non-hydrogen) atoms. The second-order valence-electron chi connectivity index (χ2n) is 8.15. The van der Waals surface area contributed by atoms with E-state index in [2.05, 4.69) is 5.32 Å². The van der Waals surface area contributed by atoms with Crippen LogP contribution < -0.4 is 9.62 Å². The highest BCUT2D eigenvalue weighted by molar-refractivity contribution is 7.92. The molecule has 0 spiro atoms. The molecule has 2 amide bonds. The SMILES string of the molecule is CC(C)CNC(=O)[C@@H](C)N(Cc1ccccc1Cl)C(=O)CN(c1ccccc1F)S(C)(=O)=O. The molecule has 0 bridgehead atoms. The summed E-state index contributed by atoms with van der Waals surface area (Å²) in [6, 6.07) is 11.2. The molecule has 10 heteroatoms. The number of halogens is 2. The van der Waals surface area contributed by atoms with Crippen LogP contribution in [0.4, 0.5) is 10.1 Å². The van der Waals surface area contributed by atoms with Crippen molar-refractivity contribution in [2.75, 3.05) is 23.7 Å². The predicted octanol–water partition coefficient (Wildman–Crippen LogP) is 3.43. The van der Waals surface area contributed by atoms with Crippen molar-refractivity contribution in [2.45, 2.75) is 33.4 Å². The number of nitrogens with one attached hydrogen (secondary N) is 1. The number of benzene rings is 2. The van der Waals surface area contributed by atoms with Crippen LogP contribution in [0.15, 0.2) is 48.5 Å². The fourth-order valence-corrected chi connectivity index (χ4v) is 4.14. The van der Waals surface area contributed by atoms with Gasteiger partial charge in [0.25, 0.3) is 0 Å². The summed E-state index contributed by atoms with van der Waals surface area (Å²) in [5.74, 6) is -1.64. The highest BCUT2D eigenvalue weighted by atomic mass is 35.5. The minimum atomic E-state index is -4.00. The minimum absolute atomic E-state index is 0.0242. The van der Waals surface area contributed by atoms with E-state index in [1.54, 1.807) is 31.2 Å². The molecule has 1 N–H and O–H groups in total. The average molecular weight is 498 g/mol. The van der Waals surface area contributed by atoms with Gasteiger partial charge in [0.1, 0.15) is 18.4 Å². The third kappa shape index (κ3) is 7.43. The van der Waals surface area contributed by atoms with Gasteiger partial charge >= 0.3 is 0 Å². The van der Waals surface area contributed by atoms with Crippen LogP contribution in [0.1, 0.15) is 26.3 Å². The number of rotatable bonds is 10. The fourth-order valence-electron chi connectivity index (χ4n) is 3.09. The van der Waals surface area contributed by atoms with Crippen LogP contribution >= 0.6 is 11.6 Å². The maximum atomic E-state index is 14.4. The van der Waals surface area contributed by atoms with E-state index in [1.165, 1.54) is 23.1 Å². The zero-order chi connectivity index (χ0) is 24.8. The third-order valence-corrected chi connectivity index (χ3v) is 6.45. The number of para-hydroxylation sites is 1. The van der Waals surface area contributed by atoms with Gasteiger partial charge in [0, 0.05) is 18.1 Å². The second kappa shape index (κ2) is 11.5. The van der Waals surface area contributed by atoms with Crippen LogP contribution in [-0.2, 0) is 26.2 Å². The van der Waals surface area contributed by atoms with Gasteiger partial charge in [-0.1, -0.05) is 55.8 Å². The van der Waals surface area contributed by atoms with Gasteiger partial charge in [-0.2, -0.15) is 0 Å². The smallest absolute Gasteiger partial charge is 0.244 e. The number of carbonyl (C=O) groups is 2. The molecule has 0 saturated carbocycles. The summed E-state index contributed by atoms with van der Waals surface area (Å²) in [5, 5.41) is 3.19. The lowest BCUT2D eigenvalue weighted by Gasteiger charge is -2.31. The molecule has 0 aliphatic heterocycles. The molecule has 0 heterocycles. The molecule has 7 nitrogen and oxygen atoms in total. The zero-order valence-electron chi connectivity index (χ0n) is 19.1. The summed E-state index contributed by atoms with van der Waals surface area (Å²) in [7, 11) is -4.00. The molecule has 0 aliphatic carbocycles. The Bertz CT molecular complexity index is 1090. The number of carbonyl (C=O) groups excluding carboxylic acids is 2. The molecule has 2 aromatic carbocycles. The first-order valence-corrected chi connectivity index (χ1v) is 12.7. The van der Waals surface area contributed by atoms with Gasteiger partial charge in [-0.25, -0.2) is 12.8 Å². The Morgan fingerprint density at radius 2 is 1.67 bits per heavy atom. The van der Waals surface area contributed by atoms with E-state index in [0.717, 1.165) is 12.3 Å². The Hall–Kier alpha value is -2.65. The van der Waals surface area contributed by atoms with Gasteiger partial charge in [-0.15, -0.1) is 0 Å².